The molecule has 5 nitrogen and oxygen atoms in total. The number of carbonyl (C=O) groups excluding carboxylic acids is 1. The molecule has 20 heavy (non-hydrogen) atoms. The summed E-state index contributed by atoms with van der Waals surface area (Å²) in [5.41, 5.74) is -0.175. The summed E-state index contributed by atoms with van der Waals surface area (Å²) < 4.78 is 0. The van der Waals surface area contributed by atoms with Crippen LogP contribution in [0.5, 0.6) is 0 Å². The normalized spacial score (nSPS) is 19.8. The lowest BCUT2D eigenvalue weighted by Crippen LogP contribution is -2.55. The number of likely N-dealkylation sites (tertiary alicyclic amines) is 1. The summed E-state index contributed by atoms with van der Waals surface area (Å²) in [5.74, 6) is -0.789. The van der Waals surface area contributed by atoms with Gasteiger partial charge in [0.05, 0.1) is 0 Å². The number of hydrogen-bond donors (Lipinski definition) is 2. The van der Waals surface area contributed by atoms with E-state index in [0.29, 0.717) is 6.42 Å². The highest BCUT2D eigenvalue weighted by Gasteiger charge is 2.30. The number of hydrogen-bond acceptors (Lipinski definition) is 2. The van der Waals surface area contributed by atoms with E-state index in [1.165, 1.54) is 0 Å². The first kappa shape index (κ1) is 16.8. The molecule has 2 amide bonds. The van der Waals surface area contributed by atoms with Crippen LogP contribution in [0.3, 0.4) is 0 Å². The molecule has 0 bridgehead atoms. The van der Waals surface area contributed by atoms with Gasteiger partial charge in [0, 0.05) is 24.5 Å². The molecule has 1 aliphatic rings. The van der Waals surface area contributed by atoms with Gasteiger partial charge in [0.2, 0.25) is 0 Å². The first-order valence-corrected chi connectivity index (χ1v) is 7.72. The van der Waals surface area contributed by atoms with Crippen molar-refractivity contribution in [3.05, 3.63) is 0 Å². The van der Waals surface area contributed by atoms with Gasteiger partial charge >= 0.3 is 12.0 Å². The molecule has 0 aliphatic carbocycles. The summed E-state index contributed by atoms with van der Waals surface area (Å²) in [6.07, 6.45) is 5.46. The van der Waals surface area contributed by atoms with E-state index in [1.54, 1.807) is 0 Å². The second-order valence-corrected chi connectivity index (χ2v) is 5.97. The summed E-state index contributed by atoms with van der Waals surface area (Å²) in [4.78, 5) is 25.0. The fourth-order valence-corrected chi connectivity index (χ4v) is 2.61. The fraction of sp³-hybridized carbons (Fsp3) is 0.867. The molecule has 1 saturated heterocycles. The van der Waals surface area contributed by atoms with Crippen molar-refractivity contribution in [1.29, 1.82) is 0 Å². The van der Waals surface area contributed by atoms with Crippen molar-refractivity contribution in [3.8, 4) is 0 Å². The Balaban J connectivity index is 2.64. The Kier molecular flexibility index (Phi) is 6.30. The molecule has 0 aromatic heterocycles. The SMILES string of the molecule is CCC(C)(CC)NC(=O)N1CCCCC1CCC(=O)O. The number of piperidine rings is 1. The molecule has 1 rings (SSSR count). The van der Waals surface area contributed by atoms with Crippen molar-refractivity contribution < 1.29 is 14.7 Å². The van der Waals surface area contributed by atoms with Crippen LogP contribution in [0.2, 0.25) is 0 Å². The van der Waals surface area contributed by atoms with Crippen LogP contribution in [-0.4, -0.2) is 40.1 Å². The zero-order valence-electron chi connectivity index (χ0n) is 12.9. The summed E-state index contributed by atoms with van der Waals surface area (Å²) in [7, 11) is 0. The second kappa shape index (κ2) is 7.50. The third-order valence-electron chi connectivity index (χ3n) is 4.55. The van der Waals surface area contributed by atoms with Crippen LogP contribution in [0.1, 0.15) is 65.7 Å². The van der Waals surface area contributed by atoms with E-state index in [1.807, 2.05) is 4.90 Å². The van der Waals surface area contributed by atoms with Gasteiger partial charge in [-0.25, -0.2) is 4.79 Å². The highest BCUT2D eigenvalue weighted by atomic mass is 16.4. The first-order chi connectivity index (χ1) is 9.41. The molecular weight excluding hydrogens is 256 g/mol. The minimum Gasteiger partial charge on any atom is -0.481 e. The quantitative estimate of drug-likeness (QED) is 0.787. The maximum absolute atomic E-state index is 12.5. The first-order valence-electron chi connectivity index (χ1n) is 7.72. The number of carboxylic acids is 1. The van der Waals surface area contributed by atoms with Gasteiger partial charge in [-0.05, 0) is 45.4 Å². The Morgan fingerprint density at radius 2 is 1.95 bits per heavy atom. The third kappa shape index (κ3) is 4.69. The number of nitrogens with one attached hydrogen (secondary N) is 1. The van der Waals surface area contributed by atoms with Crippen molar-refractivity contribution in [1.82, 2.24) is 10.2 Å². The molecule has 2 N–H and O–H groups in total. The maximum Gasteiger partial charge on any atom is 0.318 e. The van der Waals surface area contributed by atoms with Crippen molar-refractivity contribution in [3.63, 3.8) is 0 Å². The molecule has 1 atom stereocenters. The average Bonchev–Trinajstić information content (AvgIpc) is 2.45. The van der Waals surface area contributed by atoms with E-state index in [2.05, 4.69) is 26.1 Å². The molecular formula is C15H28N2O3. The van der Waals surface area contributed by atoms with Gasteiger partial charge in [-0.15, -0.1) is 0 Å². The molecule has 5 heteroatoms. The van der Waals surface area contributed by atoms with Crippen LogP contribution in [-0.2, 0) is 4.79 Å². The molecule has 0 spiro atoms. The zero-order chi connectivity index (χ0) is 15.2. The van der Waals surface area contributed by atoms with E-state index in [0.717, 1.165) is 38.6 Å². The lowest BCUT2D eigenvalue weighted by Gasteiger charge is -2.39. The molecule has 0 aromatic rings. The minimum atomic E-state index is -0.789. The topological polar surface area (TPSA) is 69.6 Å². The number of carbonyl (C=O) groups is 2. The van der Waals surface area contributed by atoms with Gasteiger partial charge in [0.1, 0.15) is 0 Å². The number of carboxylic acid groups (broad SMARTS) is 1. The third-order valence-corrected chi connectivity index (χ3v) is 4.55. The number of amides is 2. The van der Waals surface area contributed by atoms with Gasteiger partial charge in [-0.2, -0.15) is 0 Å². The molecule has 0 saturated carbocycles. The number of aliphatic carboxylic acids is 1. The lowest BCUT2D eigenvalue weighted by atomic mass is 9.95. The van der Waals surface area contributed by atoms with Crippen molar-refractivity contribution in [2.45, 2.75) is 77.3 Å². The average molecular weight is 284 g/mol. The van der Waals surface area contributed by atoms with E-state index < -0.39 is 5.97 Å². The summed E-state index contributed by atoms with van der Waals surface area (Å²) in [6.45, 7) is 6.94. The molecule has 1 unspecified atom stereocenters. The molecule has 116 valence electrons. The Labute approximate surface area is 121 Å². The number of rotatable bonds is 6. The molecule has 1 heterocycles. The molecule has 0 aromatic carbocycles. The Morgan fingerprint density at radius 1 is 1.30 bits per heavy atom. The standard InChI is InChI=1S/C15H28N2O3/c1-4-15(3,5-2)16-14(20)17-11-7-6-8-12(17)9-10-13(18)19/h12H,4-11H2,1-3H3,(H,16,20)(H,18,19). The zero-order valence-corrected chi connectivity index (χ0v) is 12.9. The largest absolute Gasteiger partial charge is 0.481 e. The Bertz CT molecular complexity index is 340. The van der Waals surface area contributed by atoms with Gasteiger partial charge in [-0.1, -0.05) is 13.8 Å². The molecule has 0 radical (unpaired) electrons. The van der Waals surface area contributed by atoms with Crippen LogP contribution in [0.15, 0.2) is 0 Å². The monoisotopic (exact) mass is 284 g/mol. The van der Waals surface area contributed by atoms with Gasteiger partial charge in [0.15, 0.2) is 0 Å². The summed E-state index contributed by atoms with van der Waals surface area (Å²) in [6, 6.07) is 0.0316. The number of nitrogens with zero attached hydrogens (tertiary/aromatic N) is 1. The van der Waals surface area contributed by atoms with E-state index >= 15 is 0 Å². The Morgan fingerprint density at radius 3 is 2.50 bits per heavy atom. The van der Waals surface area contributed by atoms with Crippen molar-refractivity contribution in [2.75, 3.05) is 6.54 Å². The van der Waals surface area contributed by atoms with Crippen molar-refractivity contribution in [2.24, 2.45) is 0 Å². The fourth-order valence-electron chi connectivity index (χ4n) is 2.61. The van der Waals surface area contributed by atoms with Gasteiger partial charge in [-0.3, -0.25) is 4.79 Å². The van der Waals surface area contributed by atoms with Crippen molar-refractivity contribution >= 4 is 12.0 Å². The van der Waals surface area contributed by atoms with Crippen LogP contribution in [0.4, 0.5) is 4.79 Å². The van der Waals surface area contributed by atoms with Crippen LogP contribution < -0.4 is 5.32 Å². The van der Waals surface area contributed by atoms with E-state index in [9.17, 15) is 9.59 Å². The Hall–Kier alpha value is -1.26. The second-order valence-electron chi connectivity index (χ2n) is 5.97. The predicted molar refractivity (Wildman–Crippen MR) is 78.7 cm³/mol. The predicted octanol–water partition coefficient (Wildman–Crippen LogP) is 2.99. The summed E-state index contributed by atoms with van der Waals surface area (Å²) in [5, 5.41) is 11.9. The van der Waals surface area contributed by atoms with Crippen LogP contribution >= 0.6 is 0 Å². The molecule has 1 aliphatic heterocycles. The van der Waals surface area contributed by atoms with Crippen LogP contribution in [0.25, 0.3) is 0 Å². The summed E-state index contributed by atoms with van der Waals surface area (Å²) >= 11 is 0. The number of urea groups is 1. The highest BCUT2D eigenvalue weighted by molar-refractivity contribution is 5.75. The van der Waals surface area contributed by atoms with E-state index in [-0.39, 0.29) is 24.0 Å². The van der Waals surface area contributed by atoms with Gasteiger partial charge in [0.25, 0.3) is 0 Å². The highest BCUT2D eigenvalue weighted by Crippen LogP contribution is 2.22. The van der Waals surface area contributed by atoms with Gasteiger partial charge < -0.3 is 15.3 Å². The smallest absolute Gasteiger partial charge is 0.318 e. The van der Waals surface area contributed by atoms with E-state index in [4.69, 9.17) is 5.11 Å². The molecule has 1 fully saturated rings. The lowest BCUT2D eigenvalue weighted by molar-refractivity contribution is -0.137. The van der Waals surface area contributed by atoms with Crippen LogP contribution in [0, 0.1) is 0 Å². The maximum atomic E-state index is 12.5. The minimum absolute atomic E-state index is 0.0358.